The zero-order valence-electron chi connectivity index (χ0n) is 12.0. The Morgan fingerprint density at radius 2 is 1.90 bits per heavy atom. The molecule has 1 fully saturated rings. The van der Waals surface area contributed by atoms with Crippen LogP contribution in [0.15, 0.2) is 30.3 Å². The van der Waals surface area contributed by atoms with E-state index >= 15 is 0 Å². The molecular weight excluding hydrogens is 256 g/mol. The third-order valence-electron chi connectivity index (χ3n) is 3.73. The third kappa shape index (κ3) is 3.18. The van der Waals surface area contributed by atoms with Crippen molar-refractivity contribution < 1.29 is 19.1 Å². The summed E-state index contributed by atoms with van der Waals surface area (Å²) < 4.78 is 11.0. The van der Waals surface area contributed by atoms with E-state index in [0.29, 0.717) is 0 Å². The largest absolute Gasteiger partial charge is 0.462 e. The second-order valence-electron chi connectivity index (χ2n) is 5.44. The topological polar surface area (TPSA) is 52.6 Å². The van der Waals surface area contributed by atoms with Crippen molar-refractivity contribution in [2.45, 2.75) is 39.4 Å². The number of cyclic esters (lactones) is 1. The Morgan fingerprint density at radius 1 is 1.25 bits per heavy atom. The molecule has 0 amide bonds. The smallest absolute Gasteiger partial charge is 0.306 e. The molecule has 0 bridgehead atoms. The number of esters is 2. The van der Waals surface area contributed by atoms with Gasteiger partial charge in [0.2, 0.25) is 0 Å². The molecule has 4 nitrogen and oxygen atoms in total. The van der Waals surface area contributed by atoms with Crippen LogP contribution in [0.5, 0.6) is 0 Å². The highest BCUT2D eigenvalue weighted by Gasteiger charge is 2.39. The lowest BCUT2D eigenvalue weighted by atomic mass is 9.86. The summed E-state index contributed by atoms with van der Waals surface area (Å²) in [6.45, 7) is 5.27. The molecule has 1 saturated heterocycles. The van der Waals surface area contributed by atoms with Crippen molar-refractivity contribution in [3.05, 3.63) is 35.9 Å². The van der Waals surface area contributed by atoms with Crippen molar-refractivity contribution in [1.82, 2.24) is 0 Å². The van der Waals surface area contributed by atoms with Crippen molar-refractivity contribution in [2.75, 3.05) is 0 Å². The van der Waals surface area contributed by atoms with Gasteiger partial charge in [-0.15, -0.1) is 0 Å². The molecule has 1 aliphatic rings. The Bertz CT molecular complexity index is 483. The van der Waals surface area contributed by atoms with Gasteiger partial charge in [-0.2, -0.15) is 0 Å². The average Bonchev–Trinajstić information content (AvgIpc) is 2.51. The van der Waals surface area contributed by atoms with Gasteiger partial charge >= 0.3 is 11.9 Å². The Labute approximate surface area is 119 Å². The number of hydrogen-bond donors (Lipinski definition) is 0. The zero-order valence-corrected chi connectivity index (χ0v) is 12.0. The van der Waals surface area contributed by atoms with Crippen LogP contribution in [-0.4, -0.2) is 18.0 Å². The fourth-order valence-corrected chi connectivity index (χ4v) is 2.80. The van der Waals surface area contributed by atoms with E-state index in [1.165, 1.54) is 6.92 Å². The van der Waals surface area contributed by atoms with Crippen LogP contribution in [0.25, 0.3) is 0 Å². The number of carbonyl (C=O) groups excluding carboxylic acids is 2. The monoisotopic (exact) mass is 276 g/mol. The normalized spacial score (nSPS) is 30.2. The van der Waals surface area contributed by atoms with E-state index in [9.17, 15) is 9.59 Å². The minimum Gasteiger partial charge on any atom is -0.462 e. The molecular formula is C16H20O4. The van der Waals surface area contributed by atoms with E-state index < -0.39 is 0 Å². The van der Waals surface area contributed by atoms with Crippen LogP contribution in [-0.2, 0) is 19.1 Å². The summed E-state index contributed by atoms with van der Waals surface area (Å²) in [7, 11) is 0. The molecule has 0 spiro atoms. The molecule has 0 radical (unpaired) electrons. The lowest BCUT2D eigenvalue weighted by Gasteiger charge is -2.29. The first-order valence-electron chi connectivity index (χ1n) is 6.90. The second-order valence-corrected chi connectivity index (χ2v) is 5.44. The molecule has 0 saturated carbocycles. The number of ether oxygens (including phenoxy) is 2. The maximum Gasteiger partial charge on any atom is 0.306 e. The van der Waals surface area contributed by atoms with Gasteiger partial charge in [0.1, 0.15) is 12.2 Å². The molecule has 4 heteroatoms. The van der Waals surface area contributed by atoms with Crippen molar-refractivity contribution >= 4 is 11.9 Å². The highest BCUT2D eigenvalue weighted by Crippen LogP contribution is 2.37. The van der Waals surface area contributed by atoms with Gasteiger partial charge in [-0.05, 0) is 5.56 Å². The number of hydrogen-bond acceptors (Lipinski definition) is 4. The molecule has 1 aromatic rings. The molecule has 108 valence electrons. The summed E-state index contributed by atoms with van der Waals surface area (Å²) >= 11 is 0. The minimum atomic E-state index is -0.377. The maximum atomic E-state index is 11.9. The van der Waals surface area contributed by atoms with Gasteiger partial charge in [-0.1, -0.05) is 44.2 Å². The first kappa shape index (κ1) is 14.6. The van der Waals surface area contributed by atoms with Gasteiger partial charge in [-0.25, -0.2) is 0 Å². The highest BCUT2D eigenvalue weighted by atomic mass is 16.6. The predicted molar refractivity (Wildman–Crippen MR) is 73.8 cm³/mol. The minimum absolute atomic E-state index is 0.0462. The third-order valence-corrected chi connectivity index (χ3v) is 3.73. The van der Waals surface area contributed by atoms with E-state index in [1.54, 1.807) is 0 Å². The molecule has 1 heterocycles. The highest BCUT2D eigenvalue weighted by molar-refractivity contribution is 5.71. The van der Waals surface area contributed by atoms with E-state index in [0.717, 1.165) is 5.56 Å². The van der Waals surface area contributed by atoms with E-state index in [1.807, 2.05) is 44.2 Å². The SMILES string of the molecule is CC(=O)O[C@H]1[C@H](C)[C@H](c2ccccc2)OC(=O)C[C@@H]1C. The van der Waals surface area contributed by atoms with Crippen LogP contribution in [0.4, 0.5) is 0 Å². The summed E-state index contributed by atoms with van der Waals surface area (Å²) in [5, 5.41) is 0. The standard InChI is InChI=1S/C16H20O4/c1-10-9-14(18)20-16(13-7-5-4-6-8-13)11(2)15(10)19-12(3)17/h4-8,10-11,15-16H,9H2,1-3H3/t10-,11-,15+,16+/m0/s1. The lowest BCUT2D eigenvalue weighted by Crippen LogP contribution is -2.32. The Balaban J connectivity index is 2.31. The van der Waals surface area contributed by atoms with Gasteiger partial charge in [0, 0.05) is 18.8 Å². The van der Waals surface area contributed by atoms with Crippen LogP contribution in [0.2, 0.25) is 0 Å². The van der Waals surface area contributed by atoms with Crippen LogP contribution in [0.3, 0.4) is 0 Å². The molecule has 0 N–H and O–H groups in total. The predicted octanol–water partition coefficient (Wildman–Crippen LogP) is 2.88. The zero-order chi connectivity index (χ0) is 14.7. The molecule has 2 rings (SSSR count). The van der Waals surface area contributed by atoms with Gasteiger partial charge in [-0.3, -0.25) is 9.59 Å². The summed E-state index contributed by atoms with van der Waals surface area (Å²) in [4.78, 5) is 23.2. The van der Waals surface area contributed by atoms with Gasteiger partial charge in [0.05, 0.1) is 6.42 Å². The summed E-state index contributed by atoms with van der Waals surface area (Å²) in [5.74, 6) is -0.694. The first-order valence-corrected chi connectivity index (χ1v) is 6.90. The molecule has 1 aromatic carbocycles. The Morgan fingerprint density at radius 3 is 2.50 bits per heavy atom. The van der Waals surface area contributed by atoms with Crippen LogP contribution < -0.4 is 0 Å². The first-order chi connectivity index (χ1) is 9.49. The van der Waals surface area contributed by atoms with E-state index in [-0.39, 0.29) is 42.4 Å². The van der Waals surface area contributed by atoms with Crippen LogP contribution in [0, 0.1) is 11.8 Å². The molecule has 4 atom stereocenters. The van der Waals surface area contributed by atoms with Crippen molar-refractivity contribution in [2.24, 2.45) is 11.8 Å². The van der Waals surface area contributed by atoms with Gasteiger partial charge in [0.25, 0.3) is 0 Å². The maximum absolute atomic E-state index is 11.9. The second kappa shape index (κ2) is 6.07. The Kier molecular flexibility index (Phi) is 4.42. The van der Waals surface area contributed by atoms with Gasteiger partial charge in [0.15, 0.2) is 0 Å². The summed E-state index contributed by atoms with van der Waals surface area (Å²) in [6, 6.07) is 9.58. The van der Waals surface area contributed by atoms with E-state index in [4.69, 9.17) is 9.47 Å². The van der Waals surface area contributed by atoms with E-state index in [2.05, 4.69) is 0 Å². The number of rotatable bonds is 2. The van der Waals surface area contributed by atoms with Crippen molar-refractivity contribution in [3.63, 3.8) is 0 Å². The molecule has 20 heavy (non-hydrogen) atoms. The molecule has 1 aliphatic heterocycles. The number of benzene rings is 1. The quantitative estimate of drug-likeness (QED) is 0.779. The summed E-state index contributed by atoms with van der Waals surface area (Å²) in [6.07, 6.45) is -0.423. The number of carbonyl (C=O) groups is 2. The van der Waals surface area contributed by atoms with Gasteiger partial charge < -0.3 is 9.47 Å². The summed E-state index contributed by atoms with van der Waals surface area (Å²) in [5.41, 5.74) is 0.930. The van der Waals surface area contributed by atoms with Crippen molar-refractivity contribution in [3.8, 4) is 0 Å². The Hall–Kier alpha value is -1.84. The van der Waals surface area contributed by atoms with Crippen molar-refractivity contribution in [1.29, 1.82) is 0 Å². The molecule has 0 aliphatic carbocycles. The fraction of sp³-hybridized carbons (Fsp3) is 0.500. The average molecular weight is 276 g/mol. The van der Waals surface area contributed by atoms with Crippen LogP contribution in [0.1, 0.15) is 38.9 Å². The fourth-order valence-electron chi connectivity index (χ4n) is 2.80. The molecule has 0 aromatic heterocycles. The molecule has 0 unspecified atom stereocenters. The lowest BCUT2D eigenvalue weighted by molar-refractivity contribution is -0.155. The van der Waals surface area contributed by atoms with Crippen LogP contribution >= 0.6 is 0 Å².